The molecule has 4 heterocycles. The molecule has 0 aliphatic carbocycles. The van der Waals surface area contributed by atoms with E-state index in [9.17, 15) is 0 Å². The predicted molar refractivity (Wildman–Crippen MR) is 87.3 cm³/mol. The molecule has 23 heavy (non-hydrogen) atoms. The van der Waals surface area contributed by atoms with Gasteiger partial charge in [-0.15, -0.1) is 10.2 Å². The van der Waals surface area contributed by atoms with Gasteiger partial charge in [0.15, 0.2) is 0 Å². The van der Waals surface area contributed by atoms with Crippen molar-refractivity contribution in [1.29, 1.82) is 0 Å². The second-order valence-corrected chi connectivity index (χ2v) is 6.70. The molecule has 1 saturated heterocycles. The first-order valence-electron chi connectivity index (χ1n) is 8.32. The van der Waals surface area contributed by atoms with Crippen LogP contribution in [-0.4, -0.2) is 56.3 Å². The summed E-state index contributed by atoms with van der Waals surface area (Å²) < 4.78 is 2.04. The average Bonchev–Trinajstić information content (AvgIpc) is 3.00. The van der Waals surface area contributed by atoms with Crippen LogP contribution in [0.2, 0.25) is 0 Å². The summed E-state index contributed by atoms with van der Waals surface area (Å²) in [6.07, 6.45) is 6.85. The van der Waals surface area contributed by atoms with E-state index >= 15 is 0 Å². The minimum Gasteiger partial charge on any atom is -0.356 e. The van der Waals surface area contributed by atoms with Crippen LogP contribution in [0.3, 0.4) is 0 Å². The second kappa shape index (κ2) is 5.88. The second-order valence-electron chi connectivity index (χ2n) is 6.70. The monoisotopic (exact) mass is 313 g/mol. The van der Waals surface area contributed by atoms with E-state index in [0.29, 0.717) is 5.92 Å². The molecule has 0 aromatic carbocycles. The number of hydrogen-bond donors (Lipinski definition) is 0. The highest BCUT2D eigenvalue weighted by Crippen LogP contribution is 2.31. The van der Waals surface area contributed by atoms with Crippen molar-refractivity contribution in [2.45, 2.75) is 31.7 Å². The Balaban J connectivity index is 1.62. The van der Waals surface area contributed by atoms with Crippen molar-refractivity contribution in [3.8, 4) is 0 Å². The normalized spacial score (nSPS) is 22.2. The fourth-order valence-corrected chi connectivity index (χ4v) is 3.78. The summed E-state index contributed by atoms with van der Waals surface area (Å²) in [7, 11) is 4.19. The van der Waals surface area contributed by atoms with E-state index < -0.39 is 0 Å². The molecule has 2 aromatic rings. The SMILES string of the molecule is CN1CCc2ncnc(N3CCC[C@@H](c4nncn4C)C3)c2C1. The van der Waals surface area contributed by atoms with Gasteiger partial charge in [0.05, 0.1) is 5.69 Å². The van der Waals surface area contributed by atoms with Crippen molar-refractivity contribution < 1.29 is 0 Å². The molecule has 0 spiro atoms. The zero-order chi connectivity index (χ0) is 15.8. The summed E-state index contributed by atoms with van der Waals surface area (Å²) >= 11 is 0. The van der Waals surface area contributed by atoms with Crippen LogP contribution in [0, 0.1) is 0 Å². The first kappa shape index (κ1) is 14.6. The van der Waals surface area contributed by atoms with Gasteiger partial charge in [-0.25, -0.2) is 9.97 Å². The number of rotatable bonds is 2. The smallest absolute Gasteiger partial charge is 0.137 e. The highest BCUT2D eigenvalue weighted by atomic mass is 15.3. The van der Waals surface area contributed by atoms with Crippen molar-refractivity contribution in [2.24, 2.45) is 7.05 Å². The summed E-state index contributed by atoms with van der Waals surface area (Å²) in [5.41, 5.74) is 2.52. The zero-order valence-electron chi connectivity index (χ0n) is 13.8. The van der Waals surface area contributed by atoms with Crippen molar-refractivity contribution in [3.63, 3.8) is 0 Å². The molecule has 1 fully saturated rings. The van der Waals surface area contributed by atoms with Gasteiger partial charge >= 0.3 is 0 Å². The summed E-state index contributed by atoms with van der Waals surface area (Å²) in [4.78, 5) is 13.9. The average molecular weight is 313 g/mol. The Morgan fingerprint density at radius 1 is 1.17 bits per heavy atom. The molecule has 122 valence electrons. The Bertz CT molecular complexity index is 695. The van der Waals surface area contributed by atoms with Crippen LogP contribution in [-0.2, 0) is 20.0 Å². The number of anilines is 1. The number of piperidine rings is 1. The highest BCUT2D eigenvalue weighted by molar-refractivity contribution is 5.50. The quantitative estimate of drug-likeness (QED) is 0.823. The molecule has 0 saturated carbocycles. The lowest BCUT2D eigenvalue weighted by Gasteiger charge is -2.36. The molecule has 0 unspecified atom stereocenters. The van der Waals surface area contributed by atoms with Gasteiger partial charge in [-0.05, 0) is 19.9 Å². The predicted octanol–water partition coefficient (Wildman–Crippen LogP) is 0.977. The van der Waals surface area contributed by atoms with Gasteiger partial charge in [-0.2, -0.15) is 0 Å². The van der Waals surface area contributed by atoms with Gasteiger partial charge in [0.25, 0.3) is 0 Å². The molecule has 1 atom stereocenters. The Morgan fingerprint density at radius 2 is 2.09 bits per heavy atom. The van der Waals surface area contributed by atoms with E-state index in [1.54, 1.807) is 12.7 Å². The van der Waals surface area contributed by atoms with Crippen LogP contribution in [0.4, 0.5) is 5.82 Å². The first-order valence-corrected chi connectivity index (χ1v) is 8.32. The number of aromatic nitrogens is 5. The van der Waals surface area contributed by atoms with Gasteiger partial charge in [-0.1, -0.05) is 0 Å². The maximum Gasteiger partial charge on any atom is 0.137 e. The molecule has 0 N–H and O–H groups in total. The van der Waals surface area contributed by atoms with Crippen molar-refractivity contribution in [1.82, 2.24) is 29.6 Å². The fourth-order valence-electron chi connectivity index (χ4n) is 3.78. The van der Waals surface area contributed by atoms with Gasteiger partial charge in [0.2, 0.25) is 0 Å². The zero-order valence-corrected chi connectivity index (χ0v) is 13.8. The molecule has 2 aromatic heterocycles. The molecular weight excluding hydrogens is 290 g/mol. The number of fused-ring (bicyclic) bond motifs is 1. The van der Waals surface area contributed by atoms with Crippen LogP contribution in [0.5, 0.6) is 0 Å². The molecule has 7 nitrogen and oxygen atoms in total. The van der Waals surface area contributed by atoms with Gasteiger partial charge in [0.1, 0.15) is 24.3 Å². The van der Waals surface area contributed by atoms with Crippen LogP contribution >= 0.6 is 0 Å². The third-order valence-corrected chi connectivity index (χ3v) is 5.00. The summed E-state index contributed by atoms with van der Waals surface area (Å²) in [5.74, 6) is 2.62. The lowest BCUT2D eigenvalue weighted by Crippen LogP contribution is -2.38. The fraction of sp³-hybridized carbons (Fsp3) is 0.625. The van der Waals surface area contributed by atoms with Crippen LogP contribution in [0.15, 0.2) is 12.7 Å². The van der Waals surface area contributed by atoms with E-state index in [-0.39, 0.29) is 0 Å². The summed E-state index contributed by atoms with van der Waals surface area (Å²) in [5, 5.41) is 8.35. The van der Waals surface area contributed by atoms with Crippen LogP contribution in [0.1, 0.15) is 35.8 Å². The topological polar surface area (TPSA) is 63.0 Å². The number of likely N-dealkylation sites (N-methyl/N-ethyl adjacent to an activating group) is 1. The van der Waals surface area contributed by atoms with Gasteiger partial charge in [-0.3, -0.25) is 0 Å². The van der Waals surface area contributed by atoms with E-state index in [1.807, 2.05) is 11.6 Å². The highest BCUT2D eigenvalue weighted by Gasteiger charge is 2.28. The molecular formula is C16H23N7. The Labute approximate surface area is 136 Å². The Hall–Kier alpha value is -2.02. The summed E-state index contributed by atoms with van der Waals surface area (Å²) in [6, 6.07) is 0. The van der Waals surface area contributed by atoms with E-state index in [1.165, 1.54) is 11.3 Å². The van der Waals surface area contributed by atoms with Crippen molar-refractivity contribution in [3.05, 3.63) is 29.7 Å². The third-order valence-electron chi connectivity index (χ3n) is 5.00. The lowest BCUT2D eigenvalue weighted by molar-refractivity contribution is 0.308. The van der Waals surface area contributed by atoms with Crippen molar-refractivity contribution >= 4 is 5.82 Å². The maximum absolute atomic E-state index is 4.63. The molecule has 0 bridgehead atoms. The first-order chi connectivity index (χ1) is 11.2. The minimum absolute atomic E-state index is 0.420. The van der Waals surface area contributed by atoms with Gasteiger partial charge < -0.3 is 14.4 Å². The Kier molecular flexibility index (Phi) is 3.72. The largest absolute Gasteiger partial charge is 0.356 e. The number of aryl methyl sites for hydroxylation is 1. The molecule has 2 aliphatic heterocycles. The molecule has 0 radical (unpaired) electrons. The Morgan fingerprint density at radius 3 is 2.91 bits per heavy atom. The number of hydrogen-bond acceptors (Lipinski definition) is 6. The maximum atomic E-state index is 4.63. The molecule has 4 rings (SSSR count). The van der Waals surface area contributed by atoms with E-state index in [0.717, 1.165) is 57.1 Å². The minimum atomic E-state index is 0.420. The van der Waals surface area contributed by atoms with Crippen LogP contribution < -0.4 is 4.90 Å². The van der Waals surface area contributed by atoms with Crippen molar-refractivity contribution in [2.75, 3.05) is 31.6 Å². The molecule has 2 aliphatic rings. The van der Waals surface area contributed by atoms with E-state index in [4.69, 9.17) is 0 Å². The van der Waals surface area contributed by atoms with Crippen LogP contribution in [0.25, 0.3) is 0 Å². The van der Waals surface area contributed by atoms with E-state index in [2.05, 4.69) is 37.0 Å². The number of nitrogens with zero attached hydrogens (tertiary/aromatic N) is 7. The lowest BCUT2D eigenvalue weighted by atomic mass is 9.96. The molecule has 0 amide bonds. The summed E-state index contributed by atoms with van der Waals surface area (Å²) in [6.45, 7) is 4.03. The van der Waals surface area contributed by atoms with Gasteiger partial charge in [0, 0.05) is 51.1 Å². The molecule has 7 heteroatoms. The standard InChI is InChI=1S/C16H23N7/c1-21-7-5-14-13(9-21)16(18-10-17-14)23-6-3-4-12(8-23)15-20-19-11-22(15)2/h10-12H,3-9H2,1-2H3/t12-/m1/s1. The third kappa shape index (κ3) is 2.69.